The number of primary amides is 1. The molecule has 1 aromatic carbocycles. The molecule has 2 aromatic rings. The van der Waals surface area contributed by atoms with Crippen LogP contribution >= 0.6 is 11.8 Å². The zero-order valence-electron chi connectivity index (χ0n) is 19.2. The molecule has 8 nitrogen and oxygen atoms in total. The van der Waals surface area contributed by atoms with Gasteiger partial charge < -0.3 is 15.2 Å². The Morgan fingerprint density at radius 1 is 1.06 bits per heavy atom. The molecule has 1 aliphatic rings. The Morgan fingerprint density at radius 2 is 1.75 bits per heavy atom. The minimum Gasteiger partial charge on any atom is -0.370 e. The van der Waals surface area contributed by atoms with Crippen LogP contribution in [-0.2, 0) is 29.1 Å². The standard InChI is InChI=1S/C23H34N6O2S/c1-17(2)15-29-21(10-9-20(24)30)25-26-23(29)32-18(3)22(31)28-13-11-27(12-14-28)16-19-7-5-4-6-8-19/h4-8,17-18H,9-16H2,1-3H3,(H2,24,30). The Hall–Kier alpha value is -2.39. The van der Waals surface area contributed by atoms with Gasteiger partial charge in [0.2, 0.25) is 11.8 Å². The summed E-state index contributed by atoms with van der Waals surface area (Å²) in [5.41, 5.74) is 6.60. The van der Waals surface area contributed by atoms with Gasteiger partial charge >= 0.3 is 0 Å². The van der Waals surface area contributed by atoms with Crippen molar-refractivity contribution in [2.45, 2.75) is 57.1 Å². The second-order valence-electron chi connectivity index (χ2n) is 8.72. The van der Waals surface area contributed by atoms with Crippen LogP contribution in [0.3, 0.4) is 0 Å². The van der Waals surface area contributed by atoms with Crippen LogP contribution in [-0.4, -0.2) is 67.8 Å². The van der Waals surface area contributed by atoms with E-state index in [0.29, 0.717) is 12.3 Å². The molecule has 1 saturated heterocycles. The van der Waals surface area contributed by atoms with Gasteiger partial charge in [-0.1, -0.05) is 55.9 Å². The summed E-state index contributed by atoms with van der Waals surface area (Å²) in [7, 11) is 0. The molecule has 1 aromatic heterocycles. The van der Waals surface area contributed by atoms with Crippen molar-refractivity contribution in [3.63, 3.8) is 0 Å². The van der Waals surface area contributed by atoms with Crippen LogP contribution < -0.4 is 5.73 Å². The topological polar surface area (TPSA) is 97.3 Å². The average molecular weight is 459 g/mol. The molecule has 1 aliphatic heterocycles. The normalized spacial score (nSPS) is 15.8. The van der Waals surface area contributed by atoms with Gasteiger partial charge in [-0.05, 0) is 18.4 Å². The fourth-order valence-electron chi connectivity index (χ4n) is 3.81. The molecule has 0 aliphatic carbocycles. The molecule has 174 valence electrons. The monoisotopic (exact) mass is 458 g/mol. The number of amides is 2. The lowest BCUT2D eigenvalue weighted by molar-refractivity contribution is -0.132. The number of thioether (sulfide) groups is 1. The van der Waals surface area contributed by atoms with Gasteiger partial charge in [-0.15, -0.1) is 10.2 Å². The molecule has 0 bridgehead atoms. The second-order valence-corrected chi connectivity index (χ2v) is 10.0. The van der Waals surface area contributed by atoms with Gasteiger partial charge in [0.25, 0.3) is 0 Å². The molecule has 2 N–H and O–H groups in total. The van der Waals surface area contributed by atoms with Gasteiger partial charge in [0.15, 0.2) is 5.16 Å². The molecule has 1 fully saturated rings. The first-order valence-corrected chi connectivity index (χ1v) is 12.1. The number of carbonyl (C=O) groups is 2. The zero-order valence-corrected chi connectivity index (χ0v) is 20.1. The molecule has 2 heterocycles. The van der Waals surface area contributed by atoms with E-state index in [1.54, 1.807) is 0 Å². The quantitative estimate of drug-likeness (QED) is 0.548. The van der Waals surface area contributed by atoms with E-state index >= 15 is 0 Å². The van der Waals surface area contributed by atoms with E-state index in [9.17, 15) is 9.59 Å². The molecule has 3 rings (SSSR count). The average Bonchev–Trinajstić information content (AvgIpc) is 3.13. The number of piperazine rings is 1. The van der Waals surface area contributed by atoms with Gasteiger partial charge in [0.05, 0.1) is 5.25 Å². The van der Waals surface area contributed by atoms with Crippen LogP contribution in [0.5, 0.6) is 0 Å². The van der Waals surface area contributed by atoms with E-state index in [1.165, 1.54) is 17.3 Å². The van der Waals surface area contributed by atoms with Gasteiger partial charge in [-0.25, -0.2) is 0 Å². The SMILES string of the molecule is CC(C)Cn1c(CCC(N)=O)nnc1SC(C)C(=O)N1CCN(Cc2ccccc2)CC1. The molecular formula is C23H34N6O2S. The predicted molar refractivity (Wildman–Crippen MR) is 126 cm³/mol. The summed E-state index contributed by atoms with van der Waals surface area (Å²) in [5.74, 6) is 0.913. The van der Waals surface area contributed by atoms with Gasteiger partial charge in [0.1, 0.15) is 5.82 Å². The summed E-state index contributed by atoms with van der Waals surface area (Å²) in [4.78, 5) is 28.6. The Bertz CT molecular complexity index is 893. The van der Waals surface area contributed by atoms with Crippen molar-refractivity contribution < 1.29 is 9.59 Å². The highest BCUT2D eigenvalue weighted by Crippen LogP contribution is 2.25. The fourth-order valence-corrected chi connectivity index (χ4v) is 4.77. The van der Waals surface area contributed by atoms with Crippen molar-refractivity contribution >= 4 is 23.6 Å². The lowest BCUT2D eigenvalue weighted by atomic mass is 10.2. The number of carbonyl (C=O) groups excluding carboxylic acids is 2. The zero-order chi connectivity index (χ0) is 23.1. The molecular weight excluding hydrogens is 424 g/mol. The summed E-state index contributed by atoms with van der Waals surface area (Å²) in [6.45, 7) is 11.0. The van der Waals surface area contributed by atoms with E-state index in [-0.39, 0.29) is 23.5 Å². The Morgan fingerprint density at radius 3 is 2.38 bits per heavy atom. The number of hydrogen-bond donors (Lipinski definition) is 1. The lowest BCUT2D eigenvalue weighted by Gasteiger charge is -2.35. The molecule has 32 heavy (non-hydrogen) atoms. The maximum absolute atomic E-state index is 13.1. The number of rotatable bonds is 10. The number of aryl methyl sites for hydroxylation is 1. The van der Waals surface area contributed by atoms with Crippen molar-refractivity contribution in [3.8, 4) is 0 Å². The third-order valence-corrected chi connectivity index (χ3v) is 6.57. The molecule has 0 radical (unpaired) electrons. The number of nitrogens with two attached hydrogens (primary N) is 1. The maximum Gasteiger partial charge on any atom is 0.235 e. The summed E-state index contributed by atoms with van der Waals surface area (Å²) in [6.07, 6.45) is 0.698. The highest BCUT2D eigenvalue weighted by molar-refractivity contribution is 8.00. The first-order valence-electron chi connectivity index (χ1n) is 11.3. The first-order chi connectivity index (χ1) is 15.3. The van der Waals surface area contributed by atoms with E-state index in [0.717, 1.165) is 50.2 Å². The third-order valence-electron chi connectivity index (χ3n) is 5.50. The van der Waals surface area contributed by atoms with Gasteiger partial charge in [0, 0.05) is 52.1 Å². The molecule has 1 atom stereocenters. The summed E-state index contributed by atoms with van der Waals surface area (Å²) < 4.78 is 2.03. The largest absolute Gasteiger partial charge is 0.370 e. The van der Waals surface area contributed by atoms with Gasteiger partial charge in [-0.2, -0.15) is 0 Å². The second kappa shape index (κ2) is 11.5. The van der Waals surface area contributed by atoms with E-state index in [4.69, 9.17) is 5.73 Å². The minimum atomic E-state index is -0.353. The number of nitrogens with zero attached hydrogens (tertiary/aromatic N) is 5. The van der Waals surface area contributed by atoms with Crippen molar-refractivity contribution in [2.75, 3.05) is 26.2 Å². The van der Waals surface area contributed by atoms with E-state index < -0.39 is 0 Å². The molecule has 9 heteroatoms. The van der Waals surface area contributed by atoms with Crippen molar-refractivity contribution in [1.29, 1.82) is 0 Å². The van der Waals surface area contributed by atoms with Crippen LogP contribution in [0.15, 0.2) is 35.5 Å². The first kappa shape index (κ1) is 24.3. The van der Waals surface area contributed by atoms with Crippen LogP contribution in [0.1, 0.15) is 38.6 Å². The van der Waals surface area contributed by atoms with E-state index in [1.807, 2.05) is 22.5 Å². The Labute approximate surface area is 194 Å². The van der Waals surface area contributed by atoms with Crippen LogP contribution in [0, 0.1) is 5.92 Å². The molecule has 1 unspecified atom stereocenters. The predicted octanol–water partition coefficient (Wildman–Crippen LogP) is 2.18. The molecule has 0 saturated carbocycles. The highest BCUT2D eigenvalue weighted by atomic mass is 32.2. The van der Waals surface area contributed by atoms with Crippen LogP contribution in [0.4, 0.5) is 0 Å². The number of hydrogen-bond acceptors (Lipinski definition) is 6. The van der Waals surface area contributed by atoms with Crippen LogP contribution in [0.25, 0.3) is 0 Å². The van der Waals surface area contributed by atoms with Crippen molar-refractivity contribution in [3.05, 3.63) is 41.7 Å². The maximum atomic E-state index is 13.1. The summed E-state index contributed by atoms with van der Waals surface area (Å²) in [6, 6.07) is 10.4. The van der Waals surface area contributed by atoms with Gasteiger partial charge in [-0.3, -0.25) is 14.5 Å². The van der Waals surface area contributed by atoms with Crippen molar-refractivity contribution in [2.24, 2.45) is 11.7 Å². The third kappa shape index (κ3) is 6.80. The molecule has 0 spiro atoms. The Balaban J connectivity index is 1.56. The minimum absolute atomic E-state index is 0.132. The number of benzene rings is 1. The Kier molecular flexibility index (Phi) is 8.69. The highest BCUT2D eigenvalue weighted by Gasteiger charge is 2.27. The number of aromatic nitrogens is 3. The summed E-state index contributed by atoms with van der Waals surface area (Å²) in [5, 5.41) is 9.06. The smallest absolute Gasteiger partial charge is 0.235 e. The van der Waals surface area contributed by atoms with E-state index in [2.05, 4.69) is 53.2 Å². The van der Waals surface area contributed by atoms with Crippen molar-refractivity contribution in [1.82, 2.24) is 24.6 Å². The molecule has 2 amide bonds. The summed E-state index contributed by atoms with van der Waals surface area (Å²) >= 11 is 1.44. The fraction of sp³-hybridized carbons (Fsp3) is 0.565. The lowest BCUT2D eigenvalue weighted by Crippen LogP contribution is -2.50. The van der Waals surface area contributed by atoms with Crippen LogP contribution in [0.2, 0.25) is 0 Å².